The van der Waals surface area contributed by atoms with Gasteiger partial charge in [-0.05, 0) is 111 Å². The Morgan fingerprint density at radius 3 is 2.38 bits per heavy atom. The fraction of sp³-hybridized carbons (Fsp3) is 0.966. The first-order valence-electron chi connectivity index (χ1n) is 14.4. The normalized spacial score (nSPS) is 47.1. The molecule has 0 bridgehead atoms. The number of carboxylic acids is 1. The van der Waals surface area contributed by atoms with Gasteiger partial charge >= 0.3 is 5.97 Å². The van der Waals surface area contributed by atoms with Gasteiger partial charge in [-0.1, -0.05) is 34.6 Å². The van der Waals surface area contributed by atoms with E-state index < -0.39 is 5.97 Å². The lowest BCUT2D eigenvalue weighted by Crippen LogP contribution is -2.63. The number of aliphatic hydroxyl groups excluding tert-OH is 2. The molecule has 4 aliphatic carbocycles. The summed E-state index contributed by atoms with van der Waals surface area (Å²) in [4.78, 5) is 11.2. The third kappa shape index (κ3) is 4.36. The van der Waals surface area contributed by atoms with Crippen molar-refractivity contribution in [1.82, 2.24) is 5.32 Å². The number of nitrogens with one attached hydrogen (secondary N) is 1. The molecule has 34 heavy (non-hydrogen) atoms. The van der Waals surface area contributed by atoms with Crippen LogP contribution in [0.1, 0.15) is 105 Å². The zero-order chi connectivity index (χ0) is 24.8. The van der Waals surface area contributed by atoms with Gasteiger partial charge in [-0.25, -0.2) is 0 Å². The summed E-state index contributed by atoms with van der Waals surface area (Å²) in [5.41, 5.74) is -0.0111. The van der Waals surface area contributed by atoms with Crippen molar-refractivity contribution in [3.05, 3.63) is 0 Å². The van der Waals surface area contributed by atoms with Gasteiger partial charge in [0, 0.05) is 18.5 Å². The maximum Gasteiger partial charge on any atom is 0.303 e. The molecule has 0 aromatic carbocycles. The Bertz CT molecular complexity index is 725. The molecule has 0 aromatic heterocycles. The SMILES string of the molecule is CCC(CC)NC1CCC2(C)C(C1)CC(O)C1C2CC(O)C2(C)C(C(C)CCC(=O)O)CCC12. The summed E-state index contributed by atoms with van der Waals surface area (Å²) in [7, 11) is 0. The monoisotopic (exact) mass is 477 g/mol. The highest BCUT2D eigenvalue weighted by molar-refractivity contribution is 5.66. The van der Waals surface area contributed by atoms with Gasteiger partial charge in [0.1, 0.15) is 0 Å². The summed E-state index contributed by atoms with van der Waals surface area (Å²) in [5.74, 6) is 1.41. The van der Waals surface area contributed by atoms with Crippen LogP contribution in [0.5, 0.6) is 0 Å². The Balaban J connectivity index is 1.53. The van der Waals surface area contributed by atoms with E-state index in [1.54, 1.807) is 0 Å². The first-order valence-corrected chi connectivity index (χ1v) is 14.4. The van der Waals surface area contributed by atoms with E-state index in [9.17, 15) is 20.1 Å². The van der Waals surface area contributed by atoms with Gasteiger partial charge in [0.05, 0.1) is 12.2 Å². The fourth-order valence-corrected chi connectivity index (χ4v) is 9.72. The van der Waals surface area contributed by atoms with Gasteiger partial charge < -0.3 is 20.6 Å². The summed E-state index contributed by atoms with van der Waals surface area (Å²) < 4.78 is 0. The van der Waals surface area contributed by atoms with Crippen molar-refractivity contribution in [3.8, 4) is 0 Å². The molecule has 0 aromatic rings. The maximum atomic E-state index is 11.7. The standard InChI is InChI=1S/C29H51NO4/c1-6-19(7-2)30-20-12-13-28(4)18(14-20)15-24(31)27-22-10-9-21(17(3)8-11-26(33)34)29(22,5)25(32)16-23(27)28/h17-25,27,30-32H,6-16H2,1-5H3,(H,33,34). The molecule has 4 N–H and O–H groups in total. The van der Waals surface area contributed by atoms with Crippen LogP contribution in [-0.2, 0) is 4.79 Å². The third-order valence-electron chi connectivity index (χ3n) is 11.8. The van der Waals surface area contributed by atoms with Gasteiger partial charge in [0.25, 0.3) is 0 Å². The van der Waals surface area contributed by atoms with Crippen LogP contribution in [0.15, 0.2) is 0 Å². The molecule has 11 unspecified atom stereocenters. The minimum atomic E-state index is -0.730. The van der Waals surface area contributed by atoms with Gasteiger partial charge in [0.15, 0.2) is 0 Å². The van der Waals surface area contributed by atoms with Crippen molar-refractivity contribution in [2.24, 2.45) is 46.3 Å². The number of carboxylic acid groups (broad SMARTS) is 1. The first kappa shape index (κ1) is 26.4. The first-order chi connectivity index (χ1) is 16.1. The second-order valence-electron chi connectivity index (χ2n) is 13.2. The van der Waals surface area contributed by atoms with Crippen molar-refractivity contribution in [3.63, 3.8) is 0 Å². The van der Waals surface area contributed by atoms with Crippen molar-refractivity contribution in [1.29, 1.82) is 0 Å². The van der Waals surface area contributed by atoms with Crippen LogP contribution >= 0.6 is 0 Å². The van der Waals surface area contributed by atoms with Gasteiger partial charge in [-0.15, -0.1) is 0 Å². The minimum absolute atomic E-state index is 0.200. The fourth-order valence-electron chi connectivity index (χ4n) is 9.72. The van der Waals surface area contributed by atoms with E-state index in [2.05, 4.69) is 39.9 Å². The van der Waals surface area contributed by atoms with E-state index >= 15 is 0 Å². The summed E-state index contributed by atoms with van der Waals surface area (Å²) in [5, 5.41) is 36.4. The molecule has 5 heteroatoms. The van der Waals surface area contributed by atoms with Crippen molar-refractivity contribution in [2.45, 2.75) is 130 Å². The highest BCUT2D eigenvalue weighted by Crippen LogP contribution is 2.68. The second kappa shape index (κ2) is 10.0. The third-order valence-corrected chi connectivity index (χ3v) is 11.8. The molecule has 0 spiro atoms. The quantitative estimate of drug-likeness (QED) is 0.384. The molecule has 196 valence electrons. The Hall–Kier alpha value is -0.650. The van der Waals surface area contributed by atoms with Gasteiger partial charge in [0.2, 0.25) is 0 Å². The Kier molecular flexibility index (Phi) is 7.78. The summed E-state index contributed by atoms with van der Waals surface area (Å²) in [6.45, 7) is 11.5. The van der Waals surface area contributed by atoms with Gasteiger partial charge in [-0.3, -0.25) is 4.79 Å². The number of aliphatic hydroxyl groups is 2. The molecule has 0 radical (unpaired) electrons. The Morgan fingerprint density at radius 1 is 1.03 bits per heavy atom. The van der Waals surface area contributed by atoms with E-state index in [0.717, 1.165) is 32.1 Å². The van der Waals surface area contributed by atoms with Crippen molar-refractivity contribution in [2.75, 3.05) is 0 Å². The summed E-state index contributed by atoms with van der Waals surface area (Å²) in [6.07, 6.45) is 9.95. The molecular formula is C29H51NO4. The van der Waals surface area contributed by atoms with E-state index in [4.69, 9.17) is 0 Å². The Morgan fingerprint density at radius 2 is 1.74 bits per heavy atom. The molecule has 0 saturated heterocycles. The van der Waals surface area contributed by atoms with Crippen LogP contribution in [0.3, 0.4) is 0 Å². The zero-order valence-corrected chi connectivity index (χ0v) is 22.3. The minimum Gasteiger partial charge on any atom is -0.481 e. The number of hydrogen-bond acceptors (Lipinski definition) is 4. The number of aliphatic carboxylic acids is 1. The number of carbonyl (C=O) groups is 1. The lowest BCUT2D eigenvalue weighted by atomic mass is 9.43. The smallest absolute Gasteiger partial charge is 0.303 e. The highest BCUT2D eigenvalue weighted by Gasteiger charge is 2.65. The van der Waals surface area contributed by atoms with Crippen LogP contribution in [0.2, 0.25) is 0 Å². The largest absolute Gasteiger partial charge is 0.481 e. The summed E-state index contributed by atoms with van der Waals surface area (Å²) >= 11 is 0. The average Bonchev–Trinajstić information content (AvgIpc) is 3.15. The average molecular weight is 478 g/mol. The molecule has 4 aliphatic rings. The van der Waals surface area contributed by atoms with Crippen LogP contribution in [0.25, 0.3) is 0 Å². The topological polar surface area (TPSA) is 89.8 Å². The van der Waals surface area contributed by atoms with Crippen LogP contribution in [-0.4, -0.2) is 45.6 Å². The zero-order valence-electron chi connectivity index (χ0n) is 22.3. The molecule has 0 heterocycles. The van der Waals surface area contributed by atoms with Crippen LogP contribution in [0.4, 0.5) is 0 Å². The Labute approximate surface area is 207 Å². The van der Waals surface area contributed by atoms with Crippen LogP contribution in [0, 0.1) is 46.3 Å². The van der Waals surface area contributed by atoms with Gasteiger partial charge in [-0.2, -0.15) is 0 Å². The van der Waals surface area contributed by atoms with Crippen molar-refractivity contribution >= 4 is 5.97 Å². The molecule has 11 atom stereocenters. The lowest BCUT2D eigenvalue weighted by molar-refractivity contribution is -0.202. The highest BCUT2D eigenvalue weighted by atomic mass is 16.4. The predicted molar refractivity (Wildman–Crippen MR) is 135 cm³/mol. The molecule has 0 aliphatic heterocycles. The molecule has 5 nitrogen and oxygen atoms in total. The van der Waals surface area contributed by atoms with Crippen LogP contribution < -0.4 is 5.32 Å². The lowest BCUT2D eigenvalue weighted by Gasteiger charge is -2.64. The van der Waals surface area contributed by atoms with E-state index in [0.29, 0.717) is 42.2 Å². The molecule has 0 amide bonds. The molecule has 4 fully saturated rings. The number of rotatable bonds is 8. The van der Waals surface area contributed by atoms with Crippen molar-refractivity contribution < 1.29 is 20.1 Å². The molecule has 4 rings (SSSR count). The van der Waals surface area contributed by atoms with E-state index in [-0.39, 0.29) is 41.3 Å². The molecule has 4 saturated carbocycles. The van der Waals surface area contributed by atoms with E-state index in [1.165, 1.54) is 25.7 Å². The second-order valence-corrected chi connectivity index (χ2v) is 13.2. The maximum absolute atomic E-state index is 11.7. The number of fused-ring (bicyclic) bond motifs is 5. The van der Waals surface area contributed by atoms with E-state index in [1.807, 2.05) is 0 Å². The predicted octanol–water partition coefficient (Wildman–Crippen LogP) is 5.23. The molecular weight excluding hydrogens is 426 g/mol. The number of hydrogen-bond donors (Lipinski definition) is 4. The summed E-state index contributed by atoms with van der Waals surface area (Å²) in [6, 6.07) is 1.14.